The zero-order valence-electron chi connectivity index (χ0n) is 19.5. The SMILES string of the molecule is CCCCC1CN(C(=O)CCNSC(C)C)Cc2c1nc(-c1ccc(NC)cc1)[nH]c2=O. The second-order valence-corrected chi connectivity index (χ2v) is 10.00. The Hall–Kier alpha value is -2.32. The number of unbranched alkanes of at least 4 members (excludes halogenated alkanes) is 1. The first-order valence-electron chi connectivity index (χ1n) is 11.5. The molecule has 0 fully saturated rings. The molecule has 1 aromatic heterocycles. The molecule has 0 saturated carbocycles. The first-order chi connectivity index (χ1) is 15.4. The molecule has 0 spiro atoms. The normalized spacial score (nSPS) is 15.7. The first kappa shape index (κ1) is 24.3. The molecule has 1 atom stereocenters. The van der Waals surface area contributed by atoms with Crippen LogP contribution in [0.5, 0.6) is 0 Å². The number of benzene rings is 1. The highest BCUT2D eigenvalue weighted by molar-refractivity contribution is 7.97. The second kappa shape index (κ2) is 11.5. The van der Waals surface area contributed by atoms with E-state index in [1.807, 2.05) is 36.2 Å². The fraction of sp³-hybridized carbons (Fsp3) is 0.542. The Balaban J connectivity index is 1.83. The van der Waals surface area contributed by atoms with Crippen LogP contribution >= 0.6 is 11.9 Å². The van der Waals surface area contributed by atoms with Gasteiger partial charge in [0.2, 0.25) is 5.91 Å². The van der Waals surface area contributed by atoms with Crippen molar-refractivity contribution in [1.29, 1.82) is 0 Å². The molecule has 1 amide bonds. The van der Waals surface area contributed by atoms with Gasteiger partial charge in [-0.3, -0.25) is 14.3 Å². The number of nitrogens with one attached hydrogen (secondary N) is 3. The van der Waals surface area contributed by atoms with Crippen LogP contribution in [0.15, 0.2) is 29.1 Å². The monoisotopic (exact) mass is 457 g/mol. The van der Waals surface area contributed by atoms with Crippen molar-refractivity contribution in [3.05, 3.63) is 45.9 Å². The van der Waals surface area contributed by atoms with E-state index in [2.05, 4.69) is 35.8 Å². The van der Waals surface area contributed by atoms with Crippen LogP contribution in [-0.4, -0.2) is 46.2 Å². The van der Waals surface area contributed by atoms with E-state index in [0.717, 1.165) is 36.2 Å². The summed E-state index contributed by atoms with van der Waals surface area (Å²) in [7, 11) is 1.87. The van der Waals surface area contributed by atoms with E-state index in [-0.39, 0.29) is 17.4 Å². The summed E-state index contributed by atoms with van der Waals surface area (Å²) in [6, 6.07) is 7.85. The third kappa shape index (κ3) is 6.13. The van der Waals surface area contributed by atoms with Gasteiger partial charge in [0.15, 0.2) is 0 Å². The van der Waals surface area contributed by atoms with Crippen LogP contribution in [0.25, 0.3) is 11.4 Å². The predicted octanol–water partition coefficient (Wildman–Crippen LogP) is 4.13. The molecule has 0 aliphatic carbocycles. The standard InChI is InChI=1S/C24H35N5O2S/c1-5-6-7-18-14-29(21(30)12-13-26-32-16(2)3)15-20-22(18)27-23(28-24(20)31)17-8-10-19(25-4)11-9-17/h8-11,16,18,25-26H,5-7,12-15H2,1-4H3,(H,27,28,31). The van der Waals surface area contributed by atoms with E-state index < -0.39 is 0 Å². The highest BCUT2D eigenvalue weighted by Crippen LogP contribution is 2.31. The molecule has 3 N–H and O–H groups in total. The lowest BCUT2D eigenvalue weighted by atomic mass is 9.90. The van der Waals surface area contributed by atoms with Crippen molar-refractivity contribution >= 4 is 23.5 Å². The molecule has 1 aliphatic rings. The van der Waals surface area contributed by atoms with Crippen LogP contribution in [0, 0.1) is 0 Å². The summed E-state index contributed by atoms with van der Waals surface area (Å²) in [6.07, 6.45) is 3.46. The molecular weight excluding hydrogens is 422 g/mol. The molecule has 7 nitrogen and oxygen atoms in total. The molecule has 174 valence electrons. The Morgan fingerprint density at radius 2 is 2.06 bits per heavy atom. The maximum Gasteiger partial charge on any atom is 0.256 e. The second-order valence-electron chi connectivity index (χ2n) is 8.53. The molecule has 2 aromatic rings. The summed E-state index contributed by atoms with van der Waals surface area (Å²) in [5.74, 6) is 0.756. The quantitative estimate of drug-likeness (QED) is 0.367. The Bertz CT molecular complexity index is 958. The first-order valence-corrected chi connectivity index (χ1v) is 12.4. The molecule has 32 heavy (non-hydrogen) atoms. The molecule has 1 unspecified atom stereocenters. The van der Waals surface area contributed by atoms with Crippen molar-refractivity contribution in [3.63, 3.8) is 0 Å². The maximum absolute atomic E-state index is 13.0. The van der Waals surface area contributed by atoms with Crippen LogP contribution in [0.3, 0.4) is 0 Å². The zero-order chi connectivity index (χ0) is 23.1. The van der Waals surface area contributed by atoms with Gasteiger partial charge in [0.05, 0.1) is 17.8 Å². The molecule has 8 heteroatoms. The van der Waals surface area contributed by atoms with Crippen molar-refractivity contribution in [2.24, 2.45) is 0 Å². The van der Waals surface area contributed by atoms with Crippen LogP contribution in [-0.2, 0) is 11.3 Å². The topological polar surface area (TPSA) is 90.1 Å². The molecule has 3 rings (SSSR count). The number of nitrogens with zero attached hydrogens (tertiary/aromatic N) is 2. The van der Waals surface area contributed by atoms with Gasteiger partial charge in [-0.05, 0) is 30.7 Å². The average Bonchev–Trinajstić information content (AvgIpc) is 2.80. The van der Waals surface area contributed by atoms with Crippen LogP contribution in [0.4, 0.5) is 5.69 Å². The summed E-state index contributed by atoms with van der Waals surface area (Å²) < 4.78 is 3.25. The van der Waals surface area contributed by atoms with Gasteiger partial charge in [-0.2, -0.15) is 0 Å². The fourth-order valence-corrected chi connectivity index (χ4v) is 4.51. The summed E-state index contributed by atoms with van der Waals surface area (Å²) in [6.45, 7) is 7.96. The smallest absolute Gasteiger partial charge is 0.256 e. The van der Waals surface area contributed by atoms with Gasteiger partial charge in [0.1, 0.15) is 5.82 Å². The molecule has 1 aromatic carbocycles. The lowest BCUT2D eigenvalue weighted by Gasteiger charge is -2.34. The van der Waals surface area contributed by atoms with Crippen LogP contribution < -0.4 is 15.6 Å². The summed E-state index contributed by atoms with van der Waals surface area (Å²) in [5.41, 5.74) is 3.23. The zero-order valence-corrected chi connectivity index (χ0v) is 20.3. The number of carbonyl (C=O) groups is 1. The molecular formula is C24H35N5O2S. The molecule has 2 heterocycles. The summed E-state index contributed by atoms with van der Waals surface area (Å²) >= 11 is 1.63. The maximum atomic E-state index is 13.0. The average molecular weight is 458 g/mol. The van der Waals surface area contributed by atoms with Gasteiger partial charge in [-0.15, -0.1) is 0 Å². The summed E-state index contributed by atoms with van der Waals surface area (Å²) in [5, 5.41) is 3.57. The van der Waals surface area contributed by atoms with E-state index in [0.29, 0.717) is 42.7 Å². The number of anilines is 1. The number of fused-ring (bicyclic) bond motifs is 1. The number of rotatable bonds is 10. The molecule has 1 aliphatic heterocycles. The molecule has 0 saturated heterocycles. The van der Waals surface area contributed by atoms with Crippen molar-refractivity contribution in [2.75, 3.05) is 25.5 Å². The number of hydrogen-bond donors (Lipinski definition) is 3. The van der Waals surface area contributed by atoms with Crippen LogP contribution in [0.2, 0.25) is 0 Å². The number of carbonyl (C=O) groups excluding carboxylic acids is 1. The fourth-order valence-electron chi connectivity index (χ4n) is 3.96. The minimum Gasteiger partial charge on any atom is -0.388 e. The highest BCUT2D eigenvalue weighted by atomic mass is 32.2. The lowest BCUT2D eigenvalue weighted by Crippen LogP contribution is -2.42. The number of aromatic amines is 1. The van der Waals surface area contributed by atoms with E-state index in [4.69, 9.17) is 4.98 Å². The minimum absolute atomic E-state index is 0.0817. The Kier molecular flexibility index (Phi) is 8.75. The lowest BCUT2D eigenvalue weighted by molar-refractivity contribution is -0.132. The van der Waals surface area contributed by atoms with Crippen molar-refractivity contribution < 1.29 is 4.79 Å². The van der Waals surface area contributed by atoms with E-state index in [1.165, 1.54) is 0 Å². The third-order valence-corrected chi connectivity index (χ3v) is 6.53. The van der Waals surface area contributed by atoms with Gasteiger partial charge in [-0.25, -0.2) is 4.98 Å². The summed E-state index contributed by atoms with van der Waals surface area (Å²) in [4.78, 5) is 35.6. The van der Waals surface area contributed by atoms with Crippen molar-refractivity contribution in [2.45, 2.75) is 64.2 Å². The number of H-pyrrole nitrogens is 1. The predicted molar refractivity (Wildman–Crippen MR) is 133 cm³/mol. The van der Waals surface area contributed by atoms with Gasteiger partial charge in [0.25, 0.3) is 5.56 Å². The Morgan fingerprint density at radius 3 is 2.72 bits per heavy atom. The van der Waals surface area contributed by atoms with Crippen molar-refractivity contribution in [1.82, 2.24) is 19.6 Å². The van der Waals surface area contributed by atoms with E-state index >= 15 is 0 Å². The highest BCUT2D eigenvalue weighted by Gasteiger charge is 2.31. The van der Waals surface area contributed by atoms with E-state index in [1.54, 1.807) is 11.9 Å². The van der Waals surface area contributed by atoms with Crippen LogP contribution in [0.1, 0.15) is 63.6 Å². The minimum atomic E-state index is -0.143. The largest absolute Gasteiger partial charge is 0.388 e. The van der Waals surface area contributed by atoms with Gasteiger partial charge in [-0.1, -0.05) is 45.6 Å². The molecule has 0 bridgehead atoms. The van der Waals surface area contributed by atoms with E-state index in [9.17, 15) is 9.59 Å². The van der Waals surface area contributed by atoms with Gasteiger partial charge in [0, 0.05) is 49.0 Å². The number of amides is 1. The number of hydrogen-bond acceptors (Lipinski definition) is 6. The Labute approximate surface area is 194 Å². The third-order valence-electron chi connectivity index (χ3n) is 5.69. The Morgan fingerprint density at radius 1 is 1.31 bits per heavy atom. The van der Waals surface area contributed by atoms with Crippen molar-refractivity contribution in [3.8, 4) is 11.4 Å². The van der Waals surface area contributed by atoms with Gasteiger partial charge < -0.3 is 15.2 Å². The number of aromatic nitrogens is 2. The van der Waals surface area contributed by atoms with Gasteiger partial charge >= 0.3 is 0 Å². The molecule has 0 radical (unpaired) electrons.